The van der Waals surface area contributed by atoms with Crippen molar-refractivity contribution >= 4 is 5.91 Å². The van der Waals surface area contributed by atoms with Crippen molar-refractivity contribution in [2.24, 2.45) is 0 Å². The zero-order valence-corrected chi connectivity index (χ0v) is 14.5. The molecule has 0 saturated carbocycles. The number of rotatable bonds is 5. The molecule has 1 aromatic heterocycles. The molecular formula is C17H26N4O3. The summed E-state index contributed by atoms with van der Waals surface area (Å²) >= 11 is 0. The Morgan fingerprint density at radius 3 is 2.79 bits per heavy atom. The molecule has 1 amide bonds. The van der Waals surface area contributed by atoms with Crippen molar-refractivity contribution < 1.29 is 9.53 Å². The first kappa shape index (κ1) is 17.1. The van der Waals surface area contributed by atoms with Gasteiger partial charge in [0.1, 0.15) is 0 Å². The largest absolute Gasteiger partial charge is 0.378 e. The van der Waals surface area contributed by atoms with Crippen molar-refractivity contribution in [3.63, 3.8) is 0 Å². The topological polar surface area (TPSA) is 76.5 Å². The lowest BCUT2D eigenvalue weighted by Gasteiger charge is -2.28. The molecule has 0 aliphatic carbocycles. The Morgan fingerprint density at radius 2 is 2.08 bits per heavy atom. The monoisotopic (exact) mass is 334 g/mol. The van der Waals surface area contributed by atoms with E-state index >= 15 is 0 Å². The number of carbonyl (C=O) groups excluding carboxylic acids is 1. The average Bonchev–Trinajstić information content (AvgIpc) is 3.16. The number of nitrogens with zero attached hydrogens (tertiary/aromatic N) is 3. The number of hydrogen-bond acceptors (Lipinski definition) is 5. The lowest BCUT2D eigenvalue weighted by atomic mass is 10.1. The van der Waals surface area contributed by atoms with Crippen LogP contribution in [0.2, 0.25) is 0 Å². The van der Waals surface area contributed by atoms with E-state index in [0.29, 0.717) is 25.5 Å². The van der Waals surface area contributed by atoms with Gasteiger partial charge < -0.3 is 10.1 Å². The molecule has 2 saturated heterocycles. The van der Waals surface area contributed by atoms with E-state index in [0.717, 1.165) is 18.8 Å². The number of aryl methyl sites for hydroxylation is 2. The standard InChI is InChI=1S/C17H26N4O3/c1-12-9-13(2)21(17(23)18-12)8-5-16(22)19-14-10-24-11-15(14)20-6-3-4-7-20/h9,14-15H,3-8,10-11H2,1-2H3,(H,19,22)/t14-,15-/m0/s1. The molecule has 2 atom stereocenters. The quantitative estimate of drug-likeness (QED) is 0.834. The normalized spacial score (nSPS) is 24.4. The molecule has 2 fully saturated rings. The van der Waals surface area contributed by atoms with E-state index in [9.17, 15) is 9.59 Å². The first-order valence-electron chi connectivity index (χ1n) is 8.71. The van der Waals surface area contributed by atoms with E-state index in [1.54, 1.807) is 11.5 Å². The molecule has 7 heteroatoms. The Balaban J connectivity index is 1.55. The predicted molar refractivity (Wildman–Crippen MR) is 89.9 cm³/mol. The molecule has 7 nitrogen and oxygen atoms in total. The van der Waals surface area contributed by atoms with Crippen LogP contribution in [0, 0.1) is 13.8 Å². The van der Waals surface area contributed by atoms with Gasteiger partial charge in [-0.1, -0.05) is 0 Å². The van der Waals surface area contributed by atoms with Gasteiger partial charge in [0.25, 0.3) is 0 Å². The van der Waals surface area contributed by atoms with E-state index < -0.39 is 0 Å². The zero-order valence-electron chi connectivity index (χ0n) is 14.5. The SMILES string of the molecule is Cc1cc(C)n(CCC(=O)N[C@H]2COC[C@@H]2N2CCCC2)c(=O)n1. The number of amides is 1. The fraction of sp³-hybridized carbons (Fsp3) is 0.706. The summed E-state index contributed by atoms with van der Waals surface area (Å²) in [7, 11) is 0. The molecule has 3 heterocycles. The van der Waals surface area contributed by atoms with E-state index in [1.165, 1.54) is 12.8 Å². The van der Waals surface area contributed by atoms with E-state index in [1.807, 2.05) is 13.0 Å². The van der Waals surface area contributed by atoms with Gasteiger partial charge >= 0.3 is 5.69 Å². The van der Waals surface area contributed by atoms with Gasteiger partial charge in [0.05, 0.1) is 25.3 Å². The van der Waals surface area contributed by atoms with Crippen molar-refractivity contribution in [1.82, 2.24) is 19.8 Å². The van der Waals surface area contributed by atoms with Crippen LogP contribution in [-0.4, -0.2) is 58.7 Å². The highest BCUT2D eigenvalue weighted by atomic mass is 16.5. The van der Waals surface area contributed by atoms with Gasteiger partial charge in [-0.05, 0) is 45.8 Å². The maximum absolute atomic E-state index is 12.3. The number of hydrogen-bond donors (Lipinski definition) is 1. The number of nitrogens with one attached hydrogen (secondary N) is 1. The van der Waals surface area contributed by atoms with Crippen molar-refractivity contribution in [1.29, 1.82) is 0 Å². The fourth-order valence-corrected chi connectivity index (χ4v) is 3.65. The van der Waals surface area contributed by atoms with Gasteiger partial charge in [-0.25, -0.2) is 4.79 Å². The second-order valence-electron chi connectivity index (χ2n) is 6.75. The molecule has 2 aliphatic heterocycles. The van der Waals surface area contributed by atoms with E-state index in [2.05, 4.69) is 15.2 Å². The summed E-state index contributed by atoms with van der Waals surface area (Å²) in [6, 6.07) is 2.18. The molecule has 0 radical (unpaired) electrons. The maximum atomic E-state index is 12.3. The molecule has 0 unspecified atom stereocenters. The number of aromatic nitrogens is 2. The van der Waals surface area contributed by atoms with Crippen LogP contribution in [-0.2, 0) is 16.1 Å². The van der Waals surface area contributed by atoms with Crippen LogP contribution in [0.5, 0.6) is 0 Å². The maximum Gasteiger partial charge on any atom is 0.347 e. The van der Waals surface area contributed by atoms with Gasteiger partial charge in [-0.3, -0.25) is 14.3 Å². The average molecular weight is 334 g/mol. The third-order valence-electron chi connectivity index (χ3n) is 4.92. The molecule has 1 N–H and O–H groups in total. The highest BCUT2D eigenvalue weighted by molar-refractivity contribution is 5.76. The molecule has 0 aromatic carbocycles. The Bertz CT molecular complexity index is 652. The molecule has 24 heavy (non-hydrogen) atoms. The van der Waals surface area contributed by atoms with Gasteiger partial charge in [0.15, 0.2) is 0 Å². The van der Waals surface area contributed by atoms with E-state index in [-0.39, 0.29) is 30.1 Å². The Kier molecular flexibility index (Phi) is 5.30. The zero-order chi connectivity index (χ0) is 17.1. The molecular weight excluding hydrogens is 308 g/mol. The van der Waals surface area contributed by atoms with Crippen LogP contribution < -0.4 is 11.0 Å². The summed E-state index contributed by atoms with van der Waals surface area (Å²) in [5.41, 5.74) is 1.24. The molecule has 0 bridgehead atoms. The Labute approximate surface area is 142 Å². The van der Waals surface area contributed by atoms with Gasteiger partial charge in [-0.2, -0.15) is 4.98 Å². The first-order valence-corrected chi connectivity index (χ1v) is 8.71. The van der Waals surface area contributed by atoms with Crippen LogP contribution in [0.4, 0.5) is 0 Å². The minimum Gasteiger partial charge on any atom is -0.378 e. The minimum absolute atomic E-state index is 0.0402. The highest BCUT2D eigenvalue weighted by Gasteiger charge is 2.35. The van der Waals surface area contributed by atoms with Crippen LogP contribution >= 0.6 is 0 Å². The van der Waals surface area contributed by atoms with Gasteiger partial charge in [0.2, 0.25) is 5.91 Å². The summed E-state index contributed by atoms with van der Waals surface area (Å²) in [6.45, 7) is 7.44. The molecule has 2 aliphatic rings. The summed E-state index contributed by atoms with van der Waals surface area (Å²) in [5.74, 6) is -0.0402. The molecule has 0 spiro atoms. The predicted octanol–water partition coefficient (Wildman–Crippen LogP) is 0.230. The highest BCUT2D eigenvalue weighted by Crippen LogP contribution is 2.19. The minimum atomic E-state index is -0.292. The van der Waals surface area contributed by atoms with Crippen LogP contribution in [0.1, 0.15) is 30.7 Å². The summed E-state index contributed by atoms with van der Waals surface area (Å²) in [6.07, 6.45) is 2.72. The Morgan fingerprint density at radius 1 is 1.33 bits per heavy atom. The molecule has 3 rings (SSSR count). The Hall–Kier alpha value is -1.73. The van der Waals surface area contributed by atoms with Crippen molar-refractivity contribution in [2.75, 3.05) is 26.3 Å². The number of carbonyl (C=O) groups is 1. The molecule has 1 aromatic rings. The van der Waals surface area contributed by atoms with E-state index in [4.69, 9.17) is 4.74 Å². The van der Waals surface area contributed by atoms with Crippen LogP contribution in [0.25, 0.3) is 0 Å². The lowest BCUT2D eigenvalue weighted by Crippen LogP contribution is -2.50. The summed E-state index contributed by atoms with van der Waals surface area (Å²) in [4.78, 5) is 30.6. The van der Waals surface area contributed by atoms with Crippen molar-refractivity contribution in [2.45, 2.75) is 51.7 Å². The smallest absolute Gasteiger partial charge is 0.347 e. The summed E-state index contributed by atoms with van der Waals surface area (Å²) in [5, 5.41) is 3.09. The second-order valence-corrected chi connectivity index (χ2v) is 6.75. The lowest BCUT2D eigenvalue weighted by molar-refractivity contribution is -0.122. The fourth-order valence-electron chi connectivity index (χ4n) is 3.65. The van der Waals surface area contributed by atoms with Crippen molar-refractivity contribution in [3.05, 3.63) is 27.9 Å². The van der Waals surface area contributed by atoms with Gasteiger partial charge in [-0.15, -0.1) is 0 Å². The van der Waals surface area contributed by atoms with Crippen molar-refractivity contribution in [3.8, 4) is 0 Å². The summed E-state index contributed by atoms with van der Waals surface area (Å²) < 4.78 is 7.13. The third-order valence-corrected chi connectivity index (χ3v) is 4.92. The van der Waals surface area contributed by atoms with Crippen LogP contribution in [0.3, 0.4) is 0 Å². The number of likely N-dealkylation sites (tertiary alicyclic amines) is 1. The number of ether oxygens (including phenoxy) is 1. The first-order chi connectivity index (χ1) is 11.5. The third kappa shape index (κ3) is 3.84. The molecule has 132 valence electrons. The second kappa shape index (κ2) is 7.44. The van der Waals surface area contributed by atoms with Crippen LogP contribution in [0.15, 0.2) is 10.9 Å². The van der Waals surface area contributed by atoms with Gasteiger partial charge in [0, 0.05) is 24.4 Å².